The third-order valence-corrected chi connectivity index (χ3v) is 7.23. The molecule has 0 unspecified atom stereocenters. The van der Waals surface area contributed by atoms with Gasteiger partial charge in [0.2, 0.25) is 5.91 Å². The van der Waals surface area contributed by atoms with Crippen LogP contribution in [-0.4, -0.2) is 56.4 Å². The van der Waals surface area contributed by atoms with Crippen molar-refractivity contribution in [3.05, 3.63) is 82.0 Å². The first kappa shape index (κ1) is 28.3. The summed E-state index contributed by atoms with van der Waals surface area (Å²) < 4.78 is 22.0. The molecule has 2 aliphatic heterocycles. The standard InChI is InChI=1S/C29H33N3O6S/c1-5-22-26(28(34)37-4)27(32-21(18-39-29(32)31-22)16-25(33)30-13-14-35-2)20-11-12-23(24(15-20)36-3)38-17-19-9-7-6-8-10-19/h6-12,15,18,27H,5,13-14,16-17H2,1-4H3,(H,30,33)/t27-/m1/s1. The zero-order valence-corrected chi connectivity index (χ0v) is 23.4. The van der Waals surface area contributed by atoms with Crippen molar-refractivity contribution in [3.8, 4) is 11.5 Å². The number of thioether (sulfide) groups is 1. The Morgan fingerprint density at radius 1 is 1.08 bits per heavy atom. The monoisotopic (exact) mass is 551 g/mol. The number of carbonyl (C=O) groups is 2. The van der Waals surface area contributed by atoms with Crippen LogP contribution in [0.15, 0.2) is 75.9 Å². The molecule has 1 atom stereocenters. The van der Waals surface area contributed by atoms with Crippen LogP contribution in [0.4, 0.5) is 0 Å². The maximum atomic E-state index is 13.1. The van der Waals surface area contributed by atoms with Crippen LogP contribution in [-0.2, 0) is 25.7 Å². The summed E-state index contributed by atoms with van der Waals surface area (Å²) in [4.78, 5) is 32.5. The largest absolute Gasteiger partial charge is 0.493 e. The molecule has 0 saturated heterocycles. The Morgan fingerprint density at radius 2 is 1.87 bits per heavy atom. The zero-order valence-electron chi connectivity index (χ0n) is 22.6. The molecule has 0 aliphatic carbocycles. The van der Waals surface area contributed by atoms with Gasteiger partial charge in [0.05, 0.1) is 44.6 Å². The molecule has 0 aromatic heterocycles. The quantitative estimate of drug-likeness (QED) is 0.303. The van der Waals surface area contributed by atoms with Crippen molar-refractivity contribution >= 4 is 28.8 Å². The van der Waals surface area contributed by atoms with Gasteiger partial charge < -0.3 is 29.2 Å². The summed E-state index contributed by atoms with van der Waals surface area (Å²) in [6.45, 7) is 3.17. The fourth-order valence-corrected chi connectivity index (χ4v) is 5.39. The maximum Gasteiger partial charge on any atom is 0.338 e. The summed E-state index contributed by atoms with van der Waals surface area (Å²) in [5.74, 6) is 0.498. The van der Waals surface area contributed by atoms with Crippen molar-refractivity contribution < 1.29 is 28.5 Å². The Morgan fingerprint density at radius 3 is 2.56 bits per heavy atom. The number of amides is 1. The van der Waals surface area contributed by atoms with E-state index in [4.69, 9.17) is 23.9 Å². The van der Waals surface area contributed by atoms with E-state index in [1.165, 1.54) is 18.9 Å². The van der Waals surface area contributed by atoms with E-state index in [9.17, 15) is 9.59 Å². The third kappa shape index (κ3) is 6.46. The smallest absolute Gasteiger partial charge is 0.338 e. The number of fused-ring (bicyclic) bond motifs is 1. The fraction of sp³-hybridized carbons (Fsp3) is 0.345. The summed E-state index contributed by atoms with van der Waals surface area (Å²) in [5.41, 5.74) is 3.63. The number of hydrogen-bond acceptors (Lipinski definition) is 9. The van der Waals surface area contributed by atoms with Gasteiger partial charge in [0.15, 0.2) is 16.7 Å². The highest BCUT2D eigenvalue weighted by Crippen LogP contribution is 2.46. The van der Waals surface area contributed by atoms with Crippen LogP contribution in [0.2, 0.25) is 0 Å². The number of carbonyl (C=O) groups excluding carboxylic acids is 2. The van der Waals surface area contributed by atoms with Gasteiger partial charge in [0.1, 0.15) is 6.61 Å². The lowest BCUT2D eigenvalue weighted by atomic mass is 9.92. The van der Waals surface area contributed by atoms with Crippen molar-refractivity contribution in [1.82, 2.24) is 10.2 Å². The molecule has 4 rings (SSSR count). The number of amidine groups is 1. The number of benzene rings is 2. The minimum Gasteiger partial charge on any atom is -0.493 e. The molecule has 2 heterocycles. The first-order valence-electron chi connectivity index (χ1n) is 12.7. The van der Waals surface area contributed by atoms with Crippen molar-refractivity contribution in [3.63, 3.8) is 0 Å². The second kappa shape index (κ2) is 13.3. The Kier molecular flexibility index (Phi) is 9.67. The predicted octanol–water partition coefficient (Wildman–Crippen LogP) is 4.56. The van der Waals surface area contributed by atoms with Gasteiger partial charge in [-0.15, -0.1) is 0 Å². The van der Waals surface area contributed by atoms with E-state index in [0.717, 1.165) is 16.8 Å². The molecule has 0 bridgehead atoms. The van der Waals surface area contributed by atoms with Gasteiger partial charge in [0, 0.05) is 19.4 Å². The second-order valence-corrected chi connectivity index (χ2v) is 9.64. The van der Waals surface area contributed by atoms with Crippen LogP contribution < -0.4 is 14.8 Å². The van der Waals surface area contributed by atoms with Crippen LogP contribution in [0.1, 0.15) is 36.9 Å². The molecule has 1 N–H and O–H groups in total. The molecular formula is C29H33N3O6S. The highest BCUT2D eigenvalue weighted by atomic mass is 32.2. The fourth-order valence-electron chi connectivity index (χ4n) is 4.46. The number of ether oxygens (including phenoxy) is 4. The van der Waals surface area contributed by atoms with Gasteiger partial charge in [-0.1, -0.05) is 55.1 Å². The van der Waals surface area contributed by atoms with Gasteiger partial charge in [0.25, 0.3) is 0 Å². The molecule has 2 aromatic carbocycles. The van der Waals surface area contributed by atoms with Gasteiger partial charge in [-0.3, -0.25) is 4.79 Å². The summed E-state index contributed by atoms with van der Waals surface area (Å²) >= 11 is 1.43. The number of rotatable bonds is 12. The highest BCUT2D eigenvalue weighted by molar-refractivity contribution is 8.16. The molecule has 0 saturated carbocycles. The number of aliphatic imine (C=N–C) groups is 1. The Labute approximate surface area is 232 Å². The van der Waals surface area contributed by atoms with E-state index in [1.54, 1.807) is 14.2 Å². The first-order chi connectivity index (χ1) is 19.0. The van der Waals surface area contributed by atoms with Crippen molar-refractivity contribution in [2.45, 2.75) is 32.4 Å². The first-order valence-corrected chi connectivity index (χ1v) is 13.5. The number of methoxy groups -OCH3 is 3. The Bertz CT molecular complexity index is 1290. The van der Waals surface area contributed by atoms with E-state index in [2.05, 4.69) is 5.32 Å². The van der Waals surface area contributed by atoms with E-state index in [1.807, 2.05) is 65.8 Å². The molecule has 10 heteroatoms. The lowest BCUT2D eigenvalue weighted by Crippen LogP contribution is -2.38. The summed E-state index contributed by atoms with van der Waals surface area (Å²) in [7, 11) is 4.53. The van der Waals surface area contributed by atoms with Crippen LogP contribution in [0.3, 0.4) is 0 Å². The van der Waals surface area contributed by atoms with Crippen molar-refractivity contribution in [1.29, 1.82) is 0 Å². The Balaban J connectivity index is 1.69. The van der Waals surface area contributed by atoms with E-state index >= 15 is 0 Å². The molecular weight excluding hydrogens is 518 g/mol. The zero-order chi connectivity index (χ0) is 27.8. The maximum absolute atomic E-state index is 13.1. The molecule has 1 amide bonds. The van der Waals surface area contributed by atoms with Crippen molar-refractivity contribution in [2.75, 3.05) is 34.5 Å². The molecule has 39 heavy (non-hydrogen) atoms. The topological polar surface area (TPSA) is 98.7 Å². The lowest BCUT2D eigenvalue weighted by Gasteiger charge is -2.36. The number of allylic oxidation sites excluding steroid dienone is 1. The number of hydrogen-bond donors (Lipinski definition) is 1. The Hall–Kier alpha value is -3.76. The van der Waals surface area contributed by atoms with E-state index < -0.39 is 12.0 Å². The second-order valence-electron chi connectivity index (χ2n) is 8.80. The SMILES string of the molecule is CCC1=C(C(=O)OC)[C@@H](c2ccc(OCc3ccccc3)c(OC)c2)N2C(CC(=O)NCCOC)=CSC2=N1. The minimum atomic E-state index is -0.565. The molecule has 206 valence electrons. The molecule has 0 fully saturated rings. The van der Waals surface area contributed by atoms with Gasteiger partial charge in [-0.2, -0.15) is 0 Å². The van der Waals surface area contributed by atoms with Crippen LogP contribution in [0.25, 0.3) is 0 Å². The molecule has 0 radical (unpaired) electrons. The van der Waals surface area contributed by atoms with Crippen LogP contribution >= 0.6 is 11.8 Å². The van der Waals surface area contributed by atoms with Crippen molar-refractivity contribution in [2.24, 2.45) is 4.99 Å². The molecule has 9 nitrogen and oxygen atoms in total. The highest BCUT2D eigenvalue weighted by Gasteiger charge is 2.41. The lowest BCUT2D eigenvalue weighted by molar-refractivity contribution is -0.136. The summed E-state index contributed by atoms with van der Waals surface area (Å²) in [6, 6.07) is 14.9. The number of nitrogens with zero attached hydrogens (tertiary/aromatic N) is 2. The van der Waals surface area contributed by atoms with Gasteiger partial charge >= 0.3 is 5.97 Å². The molecule has 2 aromatic rings. The summed E-state index contributed by atoms with van der Waals surface area (Å²) in [6.07, 6.45) is 0.665. The van der Waals surface area contributed by atoms with Gasteiger partial charge in [-0.25, -0.2) is 9.79 Å². The van der Waals surface area contributed by atoms with E-state index in [0.29, 0.717) is 54.1 Å². The summed E-state index contributed by atoms with van der Waals surface area (Å²) in [5, 5.41) is 5.47. The molecule has 0 spiro atoms. The van der Waals surface area contributed by atoms with Crippen LogP contribution in [0.5, 0.6) is 11.5 Å². The predicted molar refractivity (Wildman–Crippen MR) is 150 cm³/mol. The molecule has 2 aliphatic rings. The average Bonchev–Trinajstić information content (AvgIpc) is 3.37. The van der Waals surface area contributed by atoms with Crippen LogP contribution in [0, 0.1) is 0 Å². The average molecular weight is 552 g/mol. The number of nitrogens with one attached hydrogen (secondary N) is 1. The minimum absolute atomic E-state index is 0.123. The van der Waals surface area contributed by atoms with Gasteiger partial charge in [-0.05, 0) is 35.1 Å². The van der Waals surface area contributed by atoms with E-state index in [-0.39, 0.29) is 12.3 Å². The number of esters is 1. The third-order valence-electron chi connectivity index (χ3n) is 6.34. The normalized spacial score (nSPS) is 16.3.